The second-order valence-electron chi connectivity index (χ2n) is 17.4. The van der Waals surface area contributed by atoms with E-state index in [0.717, 1.165) is 89.2 Å². The number of rotatable bonds is 5. The highest BCUT2D eigenvalue weighted by Gasteiger charge is 2.48. The molecule has 2 bridgehead atoms. The fourth-order valence-corrected chi connectivity index (χ4v) is 11.5. The van der Waals surface area contributed by atoms with Gasteiger partial charge in [-0.1, -0.05) is 31.0 Å². The molecule has 0 aromatic heterocycles. The number of ether oxygens (including phenoxy) is 2. The predicted molar refractivity (Wildman–Crippen MR) is 222 cm³/mol. The molecule has 0 spiro atoms. The van der Waals surface area contributed by atoms with Gasteiger partial charge in [-0.15, -0.1) is 0 Å². The summed E-state index contributed by atoms with van der Waals surface area (Å²) in [4.78, 5) is 35.2. The van der Waals surface area contributed by atoms with Crippen molar-refractivity contribution in [1.29, 1.82) is 0 Å². The summed E-state index contributed by atoms with van der Waals surface area (Å²) in [7, 11) is -2.55. The lowest BCUT2D eigenvalue weighted by Gasteiger charge is -2.53. The molecule has 4 aliphatic heterocycles. The fourth-order valence-electron chi connectivity index (χ4n) is 9.96. The number of benzene rings is 2. The summed E-state index contributed by atoms with van der Waals surface area (Å²) in [6.07, 6.45) is 6.92. The number of amides is 1. The number of fused-ring (bicyclic) bond motifs is 4. The smallest absolute Gasteiger partial charge is 0.306 e. The van der Waals surface area contributed by atoms with E-state index in [1.807, 2.05) is 25.1 Å². The molecule has 2 saturated heterocycles. The summed E-state index contributed by atoms with van der Waals surface area (Å²) in [6, 6.07) is 11.5. The van der Waals surface area contributed by atoms with Gasteiger partial charge in [-0.25, -0.2) is 13.1 Å². The number of carbonyl (C=O) groups excluding carboxylic acids is 2. The van der Waals surface area contributed by atoms with Gasteiger partial charge in [-0.05, 0) is 111 Å². The maximum atomic E-state index is 13.6. The summed E-state index contributed by atoms with van der Waals surface area (Å²) < 4.78 is 41.1. The normalized spacial score (nSPS) is 30.6. The molecule has 3 fully saturated rings. The Morgan fingerprint density at radius 1 is 0.965 bits per heavy atom. The zero-order chi connectivity index (χ0) is 40.3. The standard InChI is InChI=1S/C43H62ClN5O7S/c1-30-7-6-16-43(52,29-47-20-22-48-21-19-46(26-37(48)27-47)18-15-41(50)55-3)38-13-10-34(38)25-49-17-5-4-8-32-23-36(44)12-9-35(32)28-56-40-14-11-33(24-39(40)49)42(51)45-57(53,54)31(30)2/h9,11-12,14,23-24,30-31,34,37-38,52H,4-8,10,13,15-22,25-29H2,1-3H3,(H,45,51)/t30-,31+,34-,37+,38+,43+/m0/s1. The third kappa shape index (κ3) is 9.92. The Labute approximate surface area is 344 Å². The number of halogens is 1. The molecule has 2 aromatic rings. The number of hydrogen-bond donors (Lipinski definition) is 2. The molecule has 6 atom stereocenters. The van der Waals surface area contributed by atoms with E-state index in [1.54, 1.807) is 25.1 Å². The lowest BCUT2D eigenvalue weighted by Crippen LogP contribution is -2.64. The highest BCUT2D eigenvalue weighted by molar-refractivity contribution is 7.90. The molecule has 7 rings (SSSR count). The molecule has 314 valence electrons. The van der Waals surface area contributed by atoms with Crippen LogP contribution in [0.3, 0.4) is 0 Å². The molecule has 1 saturated carbocycles. The van der Waals surface area contributed by atoms with Gasteiger partial charge in [0.05, 0.1) is 30.1 Å². The average Bonchev–Trinajstić information content (AvgIpc) is 3.20. The van der Waals surface area contributed by atoms with Gasteiger partial charge in [-0.3, -0.25) is 24.3 Å². The van der Waals surface area contributed by atoms with Crippen molar-refractivity contribution < 1.29 is 32.6 Å². The summed E-state index contributed by atoms with van der Waals surface area (Å²) in [5.41, 5.74) is 2.32. The molecule has 4 heterocycles. The zero-order valence-electron chi connectivity index (χ0n) is 34.0. The van der Waals surface area contributed by atoms with Gasteiger partial charge in [-0.2, -0.15) is 0 Å². The minimum atomic E-state index is -3.98. The van der Waals surface area contributed by atoms with Crippen molar-refractivity contribution in [2.75, 3.05) is 77.5 Å². The maximum Gasteiger partial charge on any atom is 0.306 e. The molecule has 57 heavy (non-hydrogen) atoms. The summed E-state index contributed by atoms with van der Waals surface area (Å²) in [5.74, 6) is -0.105. The van der Waals surface area contributed by atoms with Crippen LogP contribution in [0.5, 0.6) is 5.75 Å². The van der Waals surface area contributed by atoms with Gasteiger partial charge in [0.25, 0.3) is 5.91 Å². The van der Waals surface area contributed by atoms with E-state index < -0.39 is 26.8 Å². The number of nitrogens with zero attached hydrogens (tertiary/aromatic N) is 4. The van der Waals surface area contributed by atoms with Crippen LogP contribution in [0.2, 0.25) is 5.02 Å². The first-order valence-electron chi connectivity index (χ1n) is 21.1. The number of carbonyl (C=O) groups is 2. The summed E-state index contributed by atoms with van der Waals surface area (Å²) >= 11 is 6.41. The number of aliphatic hydroxyl groups is 1. The number of nitrogens with one attached hydrogen (secondary N) is 1. The van der Waals surface area contributed by atoms with Crippen molar-refractivity contribution in [3.63, 3.8) is 0 Å². The van der Waals surface area contributed by atoms with Crippen LogP contribution in [0.1, 0.15) is 86.7 Å². The van der Waals surface area contributed by atoms with Crippen molar-refractivity contribution in [3.05, 3.63) is 58.1 Å². The van der Waals surface area contributed by atoms with Gasteiger partial charge >= 0.3 is 5.97 Å². The Morgan fingerprint density at radius 2 is 1.75 bits per heavy atom. The molecule has 1 amide bonds. The first-order chi connectivity index (χ1) is 27.3. The van der Waals surface area contributed by atoms with Crippen LogP contribution < -0.4 is 14.4 Å². The maximum absolute atomic E-state index is 13.6. The lowest BCUT2D eigenvalue weighted by molar-refractivity contribution is -0.141. The Hall–Kier alpha value is -2.94. The number of hydrogen-bond acceptors (Lipinski definition) is 11. The molecule has 14 heteroatoms. The van der Waals surface area contributed by atoms with Crippen LogP contribution in [0.15, 0.2) is 36.4 Å². The van der Waals surface area contributed by atoms with E-state index >= 15 is 0 Å². The van der Waals surface area contributed by atoms with Crippen LogP contribution in [-0.4, -0.2) is 130 Å². The molecule has 0 radical (unpaired) electrons. The number of esters is 1. The number of piperazine rings is 2. The van der Waals surface area contributed by atoms with E-state index in [0.29, 0.717) is 68.7 Å². The number of β-amino-alcohol motifs (C(OH)–C–C–N with tert-alkyl or cyclic N) is 1. The molecule has 5 aliphatic rings. The van der Waals surface area contributed by atoms with Crippen LogP contribution in [0.25, 0.3) is 0 Å². The van der Waals surface area contributed by atoms with Gasteiger partial charge in [0.15, 0.2) is 0 Å². The quantitative estimate of drug-likeness (QED) is 0.397. The second kappa shape index (κ2) is 18.1. The Bertz CT molecular complexity index is 1870. The van der Waals surface area contributed by atoms with Crippen LogP contribution >= 0.6 is 11.6 Å². The number of aryl methyl sites for hydroxylation is 1. The topological polar surface area (TPSA) is 132 Å². The third-order valence-electron chi connectivity index (χ3n) is 13.8. The van der Waals surface area contributed by atoms with Gasteiger partial charge < -0.3 is 19.5 Å². The van der Waals surface area contributed by atoms with Crippen molar-refractivity contribution in [2.45, 2.75) is 95.1 Å². The van der Waals surface area contributed by atoms with Gasteiger partial charge in [0, 0.05) is 82.1 Å². The van der Waals surface area contributed by atoms with Crippen molar-refractivity contribution in [3.8, 4) is 5.75 Å². The van der Waals surface area contributed by atoms with E-state index in [-0.39, 0.29) is 29.3 Å². The molecular weight excluding hydrogens is 766 g/mol. The number of sulfonamides is 1. The van der Waals surface area contributed by atoms with E-state index in [2.05, 4.69) is 24.3 Å². The van der Waals surface area contributed by atoms with Crippen molar-refractivity contribution >= 4 is 39.2 Å². The largest absolute Gasteiger partial charge is 0.487 e. The van der Waals surface area contributed by atoms with Crippen LogP contribution in [0, 0.1) is 17.8 Å². The Kier molecular flexibility index (Phi) is 13.4. The SMILES string of the molecule is COC(=O)CCN1CCN2CCN(C[C@]3(O)CCC[C@H](C)[C@@H](C)S(=O)(=O)NC(=O)c4ccc5c(c4)N(CCCCc4cc(Cl)ccc4CO5)C[C@@H]4CC[C@H]43)C[C@H]2C1. The first kappa shape index (κ1) is 42.2. The molecule has 1 aliphatic carbocycles. The second-order valence-corrected chi connectivity index (χ2v) is 19.9. The monoisotopic (exact) mass is 827 g/mol. The van der Waals surface area contributed by atoms with Crippen molar-refractivity contribution in [2.24, 2.45) is 17.8 Å². The average molecular weight is 829 g/mol. The highest BCUT2D eigenvalue weighted by Crippen LogP contribution is 2.47. The molecule has 2 aromatic carbocycles. The number of methoxy groups -OCH3 is 1. The summed E-state index contributed by atoms with van der Waals surface area (Å²) in [6.45, 7) is 12.1. The van der Waals surface area contributed by atoms with E-state index in [1.165, 1.54) is 12.7 Å². The van der Waals surface area contributed by atoms with Crippen molar-refractivity contribution in [1.82, 2.24) is 19.4 Å². The van der Waals surface area contributed by atoms with E-state index in [4.69, 9.17) is 21.1 Å². The molecule has 2 N–H and O–H groups in total. The minimum Gasteiger partial charge on any atom is -0.487 e. The molecule has 0 unspecified atom stereocenters. The highest BCUT2D eigenvalue weighted by atomic mass is 35.5. The van der Waals surface area contributed by atoms with E-state index in [9.17, 15) is 23.1 Å². The zero-order valence-corrected chi connectivity index (χ0v) is 35.5. The Morgan fingerprint density at radius 3 is 2.53 bits per heavy atom. The van der Waals surface area contributed by atoms with Gasteiger partial charge in [0.2, 0.25) is 10.0 Å². The summed E-state index contributed by atoms with van der Waals surface area (Å²) in [5, 5.41) is 12.9. The third-order valence-corrected chi connectivity index (χ3v) is 16.0. The fraction of sp³-hybridized carbons (Fsp3) is 0.674. The lowest BCUT2D eigenvalue weighted by atomic mass is 9.62. The Balaban J connectivity index is 1.16. The predicted octanol–water partition coefficient (Wildman–Crippen LogP) is 4.95. The van der Waals surface area contributed by atoms with Crippen LogP contribution in [0.4, 0.5) is 5.69 Å². The molecule has 12 nitrogen and oxygen atoms in total. The van der Waals surface area contributed by atoms with Crippen LogP contribution in [-0.2, 0) is 32.6 Å². The first-order valence-corrected chi connectivity index (χ1v) is 23.1. The van der Waals surface area contributed by atoms with Gasteiger partial charge in [0.1, 0.15) is 12.4 Å². The molecular formula is C43H62ClN5O7S. The minimum absolute atomic E-state index is 0.0724. The number of anilines is 1.